The molecule has 2 amide bonds. The first-order valence-corrected chi connectivity index (χ1v) is 21.0. The molecular weight excluding hydrogens is 691 g/mol. The Labute approximate surface area is 330 Å². The number of hydrogen-bond donors (Lipinski definition) is 3. The molecule has 0 bridgehead atoms. The molecule has 0 unspecified atom stereocenters. The number of aliphatic hydroxyl groups is 1. The van der Waals surface area contributed by atoms with Crippen molar-refractivity contribution >= 4 is 12.0 Å². The number of esters is 1. The number of nitrogens with zero attached hydrogens (tertiary/aromatic N) is 1. The molecule has 0 aromatic heterocycles. The molecule has 1 saturated heterocycles. The SMILES string of the molecule is CCCCCCCCN(CCCCCCCC)C[C@H]1C[C@@H](c2ccc(CO)cc2)O[C@@H](c2cccc(-c3cccc(CNC(=O)NCC(=O)OCC)c3)c2)O1. The van der Waals surface area contributed by atoms with E-state index in [9.17, 15) is 14.7 Å². The van der Waals surface area contributed by atoms with E-state index in [2.05, 4.69) is 71.8 Å². The van der Waals surface area contributed by atoms with Crippen molar-refractivity contribution in [3.63, 3.8) is 0 Å². The number of ether oxygens (including phenoxy) is 3. The molecule has 55 heavy (non-hydrogen) atoms. The van der Waals surface area contributed by atoms with Gasteiger partial charge in [-0.1, -0.05) is 139 Å². The van der Waals surface area contributed by atoms with Crippen molar-refractivity contribution in [2.24, 2.45) is 0 Å². The molecule has 1 aliphatic rings. The molecule has 3 atom stereocenters. The van der Waals surface area contributed by atoms with Crippen LogP contribution in [0.1, 0.15) is 139 Å². The molecule has 9 nitrogen and oxygen atoms in total. The molecule has 1 fully saturated rings. The van der Waals surface area contributed by atoms with Gasteiger partial charge >= 0.3 is 12.0 Å². The lowest BCUT2D eigenvalue weighted by Crippen LogP contribution is -2.40. The maximum atomic E-state index is 12.3. The number of carbonyl (C=O) groups is 2. The molecule has 0 spiro atoms. The van der Waals surface area contributed by atoms with E-state index in [1.54, 1.807) is 6.92 Å². The third kappa shape index (κ3) is 16.1. The molecule has 3 N–H and O–H groups in total. The van der Waals surface area contributed by atoms with E-state index in [-0.39, 0.29) is 32.0 Å². The standard InChI is InChI=1S/C46H67N3O6/c1-4-7-9-11-13-15-27-49(28-16-14-12-10-8-5-2)34-42-31-43(38-25-23-36(35-50)24-26-38)55-45(54-42)41-22-18-21-40(30-41)39-20-17-19-37(29-39)32-47-46(52)48-33-44(51)53-6-3/h17-26,29-30,42-43,45,50H,4-16,27-28,31-35H2,1-3H3,(H2,47,48,52)/t42-,43+,45+/m1/s1. The molecule has 0 aliphatic carbocycles. The molecule has 1 heterocycles. The summed E-state index contributed by atoms with van der Waals surface area (Å²) in [5, 5.41) is 15.0. The van der Waals surface area contributed by atoms with E-state index >= 15 is 0 Å². The number of unbranched alkanes of at least 4 members (excludes halogenated alkanes) is 10. The number of aliphatic hydroxyl groups excluding tert-OH is 1. The fourth-order valence-corrected chi connectivity index (χ4v) is 7.18. The minimum absolute atomic E-state index is 0.00511. The van der Waals surface area contributed by atoms with Gasteiger partial charge in [0.1, 0.15) is 6.54 Å². The number of rotatable bonds is 25. The highest BCUT2D eigenvalue weighted by molar-refractivity contribution is 5.80. The summed E-state index contributed by atoms with van der Waals surface area (Å²) in [6, 6.07) is 24.1. The van der Waals surface area contributed by atoms with Gasteiger partial charge < -0.3 is 34.9 Å². The molecule has 3 aromatic rings. The van der Waals surface area contributed by atoms with Crippen LogP contribution in [0.4, 0.5) is 4.79 Å². The van der Waals surface area contributed by atoms with Crippen LogP contribution in [0.15, 0.2) is 72.8 Å². The van der Waals surface area contributed by atoms with Gasteiger partial charge in [0.25, 0.3) is 0 Å². The third-order valence-electron chi connectivity index (χ3n) is 10.3. The predicted octanol–water partition coefficient (Wildman–Crippen LogP) is 9.78. The lowest BCUT2D eigenvalue weighted by Gasteiger charge is -2.38. The maximum Gasteiger partial charge on any atom is 0.325 e. The Bertz CT molecular complexity index is 1520. The van der Waals surface area contributed by atoms with Crippen molar-refractivity contribution in [2.75, 3.05) is 32.8 Å². The first-order chi connectivity index (χ1) is 26.9. The summed E-state index contributed by atoms with van der Waals surface area (Å²) in [5.74, 6) is -0.471. The fourth-order valence-electron chi connectivity index (χ4n) is 7.18. The summed E-state index contributed by atoms with van der Waals surface area (Å²) in [6.07, 6.45) is 15.5. The molecule has 302 valence electrons. The average molecular weight is 758 g/mol. The lowest BCUT2D eigenvalue weighted by molar-refractivity contribution is -0.253. The van der Waals surface area contributed by atoms with Crippen LogP contribution in [0.3, 0.4) is 0 Å². The fraction of sp³-hybridized carbons (Fsp3) is 0.565. The minimum Gasteiger partial charge on any atom is -0.465 e. The van der Waals surface area contributed by atoms with Gasteiger partial charge in [0, 0.05) is 25.1 Å². The monoisotopic (exact) mass is 758 g/mol. The number of hydrogen-bond acceptors (Lipinski definition) is 7. The smallest absolute Gasteiger partial charge is 0.325 e. The molecule has 4 rings (SSSR count). The number of nitrogens with one attached hydrogen (secondary N) is 2. The van der Waals surface area contributed by atoms with Crippen LogP contribution in [-0.4, -0.2) is 60.9 Å². The highest BCUT2D eigenvalue weighted by Gasteiger charge is 2.33. The molecule has 1 aliphatic heterocycles. The van der Waals surface area contributed by atoms with E-state index in [4.69, 9.17) is 14.2 Å². The first kappa shape index (κ1) is 44.0. The highest BCUT2D eigenvalue weighted by atomic mass is 16.7. The van der Waals surface area contributed by atoms with Crippen molar-refractivity contribution in [1.82, 2.24) is 15.5 Å². The topological polar surface area (TPSA) is 109 Å². The zero-order valence-corrected chi connectivity index (χ0v) is 33.7. The summed E-state index contributed by atoms with van der Waals surface area (Å²) in [5.41, 5.74) is 5.91. The second-order valence-electron chi connectivity index (χ2n) is 14.9. The van der Waals surface area contributed by atoms with Crippen molar-refractivity contribution in [1.29, 1.82) is 0 Å². The quantitative estimate of drug-likeness (QED) is 0.0583. The average Bonchev–Trinajstić information content (AvgIpc) is 3.22. The van der Waals surface area contributed by atoms with Crippen LogP contribution in [0.25, 0.3) is 11.1 Å². The Morgan fingerprint density at radius 2 is 1.36 bits per heavy atom. The third-order valence-corrected chi connectivity index (χ3v) is 10.3. The molecule has 3 aromatic carbocycles. The Balaban J connectivity index is 1.48. The second kappa shape index (κ2) is 25.4. The van der Waals surface area contributed by atoms with Crippen LogP contribution >= 0.6 is 0 Å². The van der Waals surface area contributed by atoms with Crippen molar-refractivity contribution in [3.8, 4) is 11.1 Å². The zero-order chi connectivity index (χ0) is 39.1. The highest BCUT2D eigenvalue weighted by Crippen LogP contribution is 2.39. The van der Waals surface area contributed by atoms with E-state index in [1.807, 2.05) is 30.3 Å². The lowest BCUT2D eigenvalue weighted by atomic mass is 9.98. The maximum absolute atomic E-state index is 12.3. The molecule has 0 radical (unpaired) electrons. The number of carbonyl (C=O) groups excluding carboxylic acids is 2. The van der Waals surface area contributed by atoms with Crippen LogP contribution < -0.4 is 10.6 Å². The van der Waals surface area contributed by atoms with Gasteiger partial charge in [0.2, 0.25) is 0 Å². The molecule has 9 heteroatoms. The van der Waals surface area contributed by atoms with Gasteiger partial charge in [-0.3, -0.25) is 4.79 Å². The second-order valence-corrected chi connectivity index (χ2v) is 14.9. The van der Waals surface area contributed by atoms with Crippen molar-refractivity contribution in [2.45, 2.75) is 136 Å². The Kier molecular flexibility index (Phi) is 20.3. The van der Waals surface area contributed by atoms with Crippen molar-refractivity contribution in [3.05, 3.63) is 95.1 Å². The zero-order valence-electron chi connectivity index (χ0n) is 33.7. The van der Waals surface area contributed by atoms with E-state index in [0.717, 1.165) is 59.4 Å². The largest absolute Gasteiger partial charge is 0.465 e. The van der Waals surface area contributed by atoms with E-state index in [1.165, 1.54) is 77.0 Å². The van der Waals surface area contributed by atoms with Crippen LogP contribution in [-0.2, 0) is 32.2 Å². The summed E-state index contributed by atoms with van der Waals surface area (Å²) in [4.78, 5) is 26.5. The molecular formula is C46H67N3O6. The van der Waals surface area contributed by atoms with Gasteiger partial charge in [0.15, 0.2) is 6.29 Å². The predicted molar refractivity (Wildman–Crippen MR) is 220 cm³/mol. The summed E-state index contributed by atoms with van der Waals surface area (Å²) in [6.45, 7) is 9.74. The normalized spacial score (nSPS) is 16.9. The van der Waals surface area contributed by atoms with Gasteiger partial charge in [-0.2, -0.15) is 0 Å². The van der Waals surface area contributed by atoms with Gasteiger partial charge in [0.05, 0.1) is 25.4 Å². The van der Waals surface area contributed by atoms with Gasteiger partial charge in [-0.25, -0.2) is 4.79 Å². The Morgan fingerprint density at radius 1 is 0.727 bits per heavy atom. The number of benzene rings is 3. The summed E-state index contributed by atoms with van der Waals surface area (Å²) >= 11 is 0. The van der Waals surface area contributed by atoms with E-state index in [0.29, 0.717) is 6.54 Å². The summed E-state index contributed by atoms with van der Waals surface area (Å²) in [7, 11) is 0. The van der Waals surface area contributed by atoms with Crippen molar-refractivity contribution < 1.29 is 28.9 Å². The molecule has 0 saturated carbocycles. The number of urea groups is 1. The van der Waals surface area contributed by atoms with Crippen LogP contribution in [0.5, 0.6) is 0 Å². The number of amides is 2. The Morgan fingerprint density at radius 3 is 2.02 bits per heavy atom. The first-order valence-electron chi connectivity index (χ1n) is 21.0. The van der Waals surface area contributed by atoms with Crippen LogP contribution in [0.2, 0.25) is 0 Å². The van der Waals surface area contributed by atoms with Crippen LogP contribution in [0, 0.1) is 0 Å². The Hall–Kier alpha value is -3.76. The minimum atomic E-state index is -0.543. The summed E-state index contributed by atoms with van der Waals surface area (Å²) < 4.78 is 18.5. The van der Waals surface area contributed by atoms with Gasteiger partial charge in [-0.15, -0.1) is 0 Å². The van der Waals surface area contributed by atoms with Gasteiger partial charge in [-0.05, 0) is 72.8 Å². The van der Waals surface area contributed by atoms with E-state index < -0.39 is 18.3 Å².